The molecular weight excluding hydrogens is 454 g/mol. The Morgan fingerprint density at radius 2 is 1.94 bits per heavy atom. The van der Waals surface area contributed by atoms with Crippen molar-refractivity contribution in [2.45, 2.75) is 71.7 Å². The molecule has 35 heavy (non-hydrogen) atoms. The van der Waals surface area contributed by atoms with Crippen molar-refractivity contribution in [2.75, 3.05) is 37.4 Å². The van der Waals surface area contributed by atoms with Crippen LogP contribution >= 0.6 is 0 Å². The van der Waals surface area contributed by atoms with E-state index in [-0.39, 0.29) is 11.1 Å². The molecule has 2 aliphatic rings. The number of rotatable bonds is 6. The first kappa shape index (κ1) is 25.7. The second kappa shape index (κ2) is 9.91. The van der Waals surface area contributed by atoms with Crippen molar-refractivity contribution in [1.29, 1.82) is 0 Å². The maximum absolute atomic E-state index is 6.85. The zero-order valence-corrected chi connectivity index (χ0v) is 23.6. The van der Waals surface area contributed by atoms with E-state index < -0.39 is 8.32 Å². The summed E-state index contributed by atoms with van der Waals surface area (Å²) < 4.78 is 13.0. The van der Waals surface area contributed by atoms with Crippen LogP contribution in [0.4, 0.5) is 17.3 Å². The Morgan fingerprint density at radius 1 is 1.17 bits per heavy atom. The summed E-state index contributed by atoms with van der Waals surface area (Å²) in [5.41, 5.74) is 6.49. The molecule has 8 heteroatoms. The van der Waals surface area contributed by atoms with Crippen LogP contribution in [0, 0.1) is 13.8 Å². The summed E-state index contributed by atoms with van der Waals surface area (Å²) in [4.78, 5) is 9.64. The number of ether oxygens (including phenoxy) is 1. The summed E-state index contributed by atoms with van der Waals surface area (Å²) in [6, 6.07) is 4.04. The zero-order valence-electron chi connectivity index (χ0n) is 22.6. The van der Waals surface area contributed by atoms with Gasteiger partial charge in [0.05, 0.1) is 18.4 Å². The number of aromatic nitrogens is 2. The highest BCUT2D eigenvalue weighted by molar-refractivity contribution is 6.74. The van der Waals surface area contributed by atoms with Gasteiger partial charge in [-0.2, -0.15) is 0 Å². The Kier molecular flexibility index (Phi) is 7.27. The predicted molar refractivity (Wildman–Crippen MR) is 148 cm³/mol. The van der Waals surface area contributed by atoms with Gasteiger partial charge in [-0.25, -0.2) is 9.97 Å². The third-order valence-corrected chi connectivity index (χ3v) is 12.0. The van der Waals surface area contributed by atoms with Crippen LogP contribution < -0.4 is 20.7 Å². The van der Waals surface area contributed by atoms with Crippen molar-refractivity contribution in [2.24, 2.45) is 0 Å². The lowest BCUT2D eigenvalue weighted by atomic mass is 9.94. The summed E-state index contributed by atoms with van der Waals surface area (Å²) in [7, 11) is 0.0254. The van der Waals surface area contributed by atoms with E-state index in [9.17, 15) is 0 Å². The molecule has 2 aromatic heterocycles. The van der Waals surface area contributed by atoms with Crippen molar-refractivity contribution in [3.8, 4) is 5.75 Å². The third kappa shape index (κ3) is 5.55. The predicted octanol–water partition coefficient (Wildman–Crippen LogP) is 5.58. The fourth-order valence-electron chi connectivity index (χ4n) is 4.51. The fourth-order valence-corrected chi connectivity index (χ4v) is 5.86. The minimum atomic E-state index is -1.89. The summed E-state index contributed by atoms with van der Waals surface area (Å²) >= 11 is 0. The quantitative estimate of drug-likeness (QED) is 0.451. The molecule has 0 unspecified atom stereocenters. The lowest BCUT2D eigenvalue weighted by Gasteiger charge is -2.39. The van der Waals surface area contributed by atoms with Crippen molar-refractivity contribution in [3.63, 3.8) is 0 Å². The topological polar surface area (TPSA) is 80.3 Å². The lowest BCUT2D eigenvalue weighted by molar-refractivity contribution is 0.185. The maximum atomic E-state index is 6.85. The highest BCUT2D eigenvalue weighted by Crippen LogP contribution is 2.43. The molecule has 0 saturated carbocycles. The summed E-state index contributed by atoms with van der Waals surface area (Å²) in [5, 5.41) is 10.4. The highest BCUT2D eigenvalue weighted by Gasteiger charge is 2.39. The van der Waals surface area contributed by atoms with Gasteiger partial charge in [0, 0.05) is 55.1 Å². The molecule has 0 saturated heterocycles. The van der Waals surface area contributed by atoms with Crippen LogP contribution in [0.5, 0.6) is 5.75 Å². The van der Waals surface area contributed by atoms with Gasteiger partial charge in [0.1, 0.15) is 17.4 Å². The minimum Gasteiger partial charge on any atom is -0.491 e. The van der Waals surface area contributed by atoms with Gasteiger partial charge in [0.25, 0.3) is 0 Å². The molecule has 1 atom stereocenters. The molecule has 4 rings (SSSR count). The summed E-state index contributed by atoms with van der Waals surface area (Å²) in [6.45, 7) is 18.0. The van der Waals surface area contributed by atoms with E-state index in [2.05, 4.69) is 67.8 Å². The van der Waals surface area contributed by atoms with E-state index in [0.717, 1.165) is 71.5 Å². The van der Waals surface area contributed by atoms with Gasteiger partial charge in [0.2, 0.25) is 0 Å². The van der Waals surface area contributed by atoms with Gasteiger partial charge in [-0.1, -0.05) is 26.8 Å². The number of hydrogen-bond acceptors (Lipinski definition) is 7. The Hall–Kier alpha value is -2.42. The van der Waals surface area contributed by atoms with Crippen LogP contribution in [0.1, 0.15) is 49.7 Å². The molecule has 2 aliphatic heterocycles. The first-order valence-electron chi connectivity index (χ1n) is 12.7. The molecule has 3 N–H and O–H groups in total. The molecule has 0 amide bonds. The standard InChI is InChI=1S/C27H41N5O2Si/c1-17-13-20(28-6)15-23(30-17)32-26-18(2)24(25-22(31-26)10-12-33-25)19-9-11-29-16-21(14-19)34-35(7,8)27(3,4)5/h9,13,15,21,29H,10-12,14,16H2,1-8H3,(H2,28,30,31,32)/t21-/m1/s1. The van der Waals surface area contributed by atoms with Gasteiger partial charge in [-0.3, -0.25) is 0 Å². The molecule has 4 heterocycles. The third-order valence-electron chi connectivity index (χ3n) is 7.44. The maximum Gasteiger partial charge on any atom is 0.192 e. The fraction of sp³-hybridized carbons (Fsp3) is 0.556. The molecule has 7 nitrogen and oxygen atoms in total. The highest BCUT2D eigenvalue weighted by atomic mass is 28.4. The first-order chi connectivity index (χ1) is 16.5. The lowest BCUT2D eigenvalue weighted by Crippen LogP contribution is -2.46. The van der Waals surface area contributed by atoms with Gasteiger partial charge in [0.15, 0.2) is 8.32 Å². The van der Waals surface area contributed by atoms with Crippen LogP contribution in [-0.4, -0.2) is 51.1 Å². The van der Waals surface area contributed by atoms with Crippen molar-refractivity contribution in [3.05, 3.63) is 40.7 Å². The van der Waals surface area contributed by atoms with E-state index in [1.54, 1.807) is 0 Å². The normalized spacial score (nSPS) is 18.4. The Balaban J connectivity index is 1.69. The van der Waals surface area contributed by atoms with Gasteiger partial charge in [-0.15, -0.1) is 0 Å². The van der Waals surface area contributed by atoms with Crippen LogP contribution in [-0.2, 0) is 10.8 Å². The SMILES string of the molecule is CNc1cc(C)nc(Nc2nc3c(c(C4=CCNC[C@H](O[Si](C)(C)C(C)(C)C)C4)c2C)OCC3)c1. The molecule has 0 spiro atoms. The number of fused-ring (bicyclic) bond motifs is 1. The molecule has 0 aliphatic carbocycles. The Bertz CT molecular complexity index is 1120. The molecule has 0 radical (unpaired) electrons. The number of anilines is 3. The van der Waals surface area contributed by atoms with Crippen LogP contribution in [0.2, 0.25) is 18.1 Å². The number of hydrogen-bond donors (Lipinski definition) is 3. The molecule has 2 aromatic rings. The molecule has 0 aromatic carbocycles. The average Bonchev–Trinajstić information content (AvgIpc) is 3.11. The van der Waals surface area contributed by atoms with E-state index in [1.807, 2.05) is 26.1 Å². The molecule has 0 bridgehead atoms. The van der Waals surface area contributed by atoms with E-state index in [4.69, 9.17) is 14.1 Å². The molecular formula is C27H41N5O2Si. The van der Waals surface area contributed by atoms with Crippen LogP contribution in [0.3, 0.4) is 0 Å². The number of aryl methyl sites for hydroxylation is 1. The second-order valence-corrected chi connectivity index (χ2v) is 15.9. The Morgan fingerprint density at radius 3 is 2.66 bits per heavy atom. The molecule has 0 fully saturated rings. The smallest absolute Gasteiger partial charge is 0.192 e. The largest absolute Gasteiger partial charge is 0.491 e. The second-order valence-electron chi connectivity index (χ2n) is 11.2. The summed E-state index contributed by atoms with van der Waals surface area (Å²) in [6.07, 6.45) is 4.09. The van der Waals surface area contributed by atoms with E-state index in [1.165, 1.54) is 5.57 Å². The van der Waals surface area contributed by atoms with Crippen molar-refractivity contribution in [1.82, 2.24) is 15.3 Å². The van der Waals surface area contributed by atoms with Gasteiger partial charge >= 0.3 is 0 Å². The van der Waals surface area contributed by atoms with Gasteiger partial charge < -0.3 is 25.1 Å². The van der Waals surface area contributed by atoms with Crippen molar-refractivity contribution >= 4 is 31.2 Å². The monoisotopic (exact) mass is 495 g/mol. The zero-order chi connectivity index (χ0) is 25.4. The van der Waals surface area contributed by atoms with Gasteiger partial charge in [-0.05, 0) is 50.0 Å². The first-order valence-corrected chi connectivity index (χ1v) is 15.6. The number of nitrogens with one attached hydrogen (secondary N) is 3. The van der Waals surface area contributed by atoms with E-state index in [0.29, 0.717) is 6.61 Å². The van der Waals surface area contributed by atoms with Crippen LogP contribution in [0.15, 0.2) is 18.2 Å². The minimum absolute atomic E-state index is 0.127. The number of pyridine rings is 2. The summed E-state index contributed by atoms with van der Waals surface area (Å²) in [5.74, 6) is 2.55. The Labute approximate surface area is 211 Å². The van der Waals surface area contributed by atoms with Crippen molar-refractivity contribution < 1.29 is 9.16 Å². The van der Waals surface area contributed by atoms with Crippen LogP contribution in [0.25, 0.3) is 5.57 Å². The average molecular weight is 496 g/mol. The number of nitrogens with zero attached hydrogens (tertiary/aromatic N) is 2. The van der Waals surface area contributed by atoms with E-state index >= 15 is 0 Å². The molecule has 190 valence electrons.